The van der Waals surface area contributed by atoms with Crippen molar-refractivity contribution < 1.29 is 9.59 Å². The van der Waals surface area contributed by atoms with Crippen molar-refractivity contribution in [1.29, 1.82) is 0 Å². The quantitative estimate of drug-likeness (QED) is 0.500. The van der Waals surface area contributed by atoms with Crippen molar-refractivity contribution in [2.45, 2.75) is 22.5 Å². The van der Waals surface area contributed by atoms with Crippen LogP contribution in [0, 0.1) is 13.8 Å². The molecule has 0 bridgehead atoms. The Labute approximate surface area is 178 Å². The fourth-order valence-corrected chi connectivity index (χ4v) is 5.19. The highest BCUT2D eigenvalue weighted by atomic mass is 32.2. The smallest absolute Gasteiger partial charge is 0.234 e. The molecule has 2 heterocycles. The Morgan fingerprint density at radius 2 is 1.18 bits per heavy atom. The molecule has 0 saturated carbocycles. The molecule has 0 aliphatic heterocycles. The van der Waals surface area contributed by atoms with Crippen LogP contribution in [0.1, 0.15) is 10.0 Å². The third kappa shape index (κ3) is 6.55. The summed E-state index contributed by atoms with van der Waals surface area (Å²) in [7, 11) is 0. The highest BCUT2D eigenvalue weighted by Gasteiger charge is 2.09. The molecular formula is C16H16N6O2S4. The monoisotopic (exact) mass is 452 g/mol. The van der Waals surface area contributed by atoms with Gasteiger partial charge in [0, 0.05) is 11.4 Å². The minimum Gasteiger partial charge on any atom is -0.325 e. The van der Waals surface area contributed by atoms with Crippen LogP contribution in [0.3, 0.4) is 0 Å². The minimum atomic E-state index is -0.126. The summed E-state index contributed by atoms with van der Waals surface area (Å²) < 4.78 is 1.54. The average molecular weight is 453 g/mol. The van der Waals surface area contributed by atoms with Crippen LogP contribution in [-0.4, -0.2) is 43.7 Å². The third-order valence-corrected chi connectivity index (χ3v) is 7.06. The van der Waals surface area contributed by atoms with E-state index in [0.717, 1.165) is 18.7 Å². The number of nitrogens with zero attached hydrogens (tertiary/aromatic N) is 4. The normalized spacial score (nSPS) is 10.6. The van der Waals surface area contributed by atoms with Crippen molar-refractivity contribution in [3.8, 4) is 0 Å². The van der Waals surface area contributed by atoms with Crippen LogP contribution in [0.2, 0.25) is 0 Å². The molecule has 0 radical (unpaired) electrons. The lowest BCUT2D eigenvalue weighted by Gasteiger charge is -2.07. The SMILES string of the molecule is Cc1nnc(SCC(=O)Nc2ccc(NC(=O)CSc3nnc(C)s3)cc2)s1. The third-order valence-electron chi connectivity index (χ3n) is 3.12. The first kappa shape index (κ1) is 20.7. The van der Waals surface area contributed by atoms with Crippen LogP contribution in [0.5, 0.6) is 0 Å². The van der Waals surface area contributed by atoms with E-state index in [1.165, 1.54) is 46.2 Å². The van der Waals surface area contributed by atoms with Crippen LogP contribution in [0.25, 0.3) is 0 Å². The number of aryl methyl sites for hydroxylation is 2. The topological polar surface area (TPSA) is 110 Å². The Morgan fingerprint density at radius 1 is 0.786 bits per heavy atom. The van der Waals surface area contributed by atoms with Crippen molar-refractivity contribution in [3.05, 3.63) is 34.3 Å². The Kier molecular flexibility index (Phi) is 7.36. The van der Waals surface area contributed by atoms with Gasteiger partial charge in [0.25, 0.3) is 0 Å². The van der Waals surface area contributed by atoms with Crippen molar-refractivity contribution in [3.63, 3.8) is 0 Å². The van der Waals surface area contributed by atoms with Gasteiger partial charge in [-0.1, -0.05) is 46.2 Å². The van der Waals surface area contributed by atoms with E-state index in [1.54, 1.807) is 24.3 Å². The molecular weight excluding hydrogens is 436 g/mol. The predicted molar refractivity (Wildman–Crippen MR) is 114 cm³/mol. The maximum Gasteiger partial charge on any atom is 0.234 e. The number of hydrogen-bond donors (Lipinski definition) is 2. The van der Waals surface area contributed by atoms with E-state index < -0.39 is 0 Å². The fourth-order valence-electron chi connectivity index (χ4n) is 1.96. The average Bonchev–Trinajstić information content (AvgIpc) is 3.28. The van der Waals surface area contributed by atoms with Gasteiger partial charge in [-0.15, -0.1) is 20.4 Å². The number of aromatic nitrogens is 4. The Bertz CT molecular complexity index is 879. The van der Waals surface area contributed by atoms with Gasteiger partial charge in [0.15, 0.2) is 8.68 Å². The molecule has 146 valence electrons. The van der Waals surface area contributed by atoms with Crippen molar-refractivity contribution >= 4 is 69.4 Å². The molecule has 3 rings (SSSR count). The van der Waals surface area contributed by atoms with Crippen LogP contribution in [0.4, 0.5) is 11.4 Å². The lowest BCUT2D eigenvalue weighted by atomic mass is 10.3. The number of thioether (sulfide) groups is 2. The minimum absolute atomic E-state index is 0.126. The molecule has 8 nitrogen and oxygen atoms in total. The summed E-state index contributed by atoms with van der Waals surface area (Å²) in [5, 5.41) is 23.2. The second-order valence-corrected chi connectivity index (χ2v) is 10.2. The molecule has 1 aromatic carbocycles. The van der Waals surface area contributed by atoms with E-state index in [0.29, 0.717) is 11.4 Å². The number of benzene rings is 1. The Balaban J connectivity index is 1.42. The molecule has 3 aromatic rings. The van der Waals surface area contributed by atoms with E-state index in [1.807, 2.05) is 13.8 Å². The lowest BCUT2D eigenvalue weighted by Crippen LogP contribution is -2.15. The lowest BCUT2D eigenvalue weighted by molar-refractivity contribution is -0.114. The summed E-state index contributed by atoms with van der Waals surface area (Å²) >= 11 is 5.62. The van der Waals surface area contributed by atoms with Gasteiger partial charge in [0.1, 0.15) is 10.0 Å². The summed E-state index contributed by atoms with van der Waals surface area (Å²) in [5.74, 6) is 0.266. The summed E-state index contributed by atoms with van der Waals surface area (Å²) in [6, 6.07) is 6.98. The standard InChI is InChI=1S/C16H16N6O2S4/c1-9-19-21-15(27-9)25-7-13(23)17-11-3-5-12(6-4-11)18-14(24)8-26-16-22-20-10(2)28-16/h3-6H,7-8H2,1-2H3,(H,17,23)(H,18,24). The first-order valence-corrected chi connectivity index (χ1v) is 11.6. The van der Waals surface area contributed by atoms with E-state index in [9.17, 15) is 9.59 Å². The van der Waals surface area contributed by atoms with Crippen LogP contribution < -0.4 is 10.6 Å². The molecule has 0 aliphatic carbocycles. The zero-order chi connectivity index (χ0) is 19.9. The summed E-state index contributed by atoms with van der Waals surface area (Å²) in [5.41, 5.74) is 1.33. The second kappa shape index (κ2) is 9.96. The zero-order valence-electron chi connectivity index (χ0n) is 15.0. The van der Waals surface area contributed by atoms with Gasteiger partial charge in [-0.25, -0.2) is 0 Å². The number of carbonyl (C=O) groups is 2. The first-order valence-electron chi connectivity index (χ1n) is 8.03. The summed E-state index contributed by atoms with van der Waals surface area (Å²) in [4.78, 5) is 24.0. The number of anilines is 2. The number of carbonyl (C=O) groups excluding carboxylic acids is 2. The van der Waals surface area contributed by atoms with E-state index in [-0.39, 0.29) is 23.3 Å². The molecule has 0 saturated heterocycles. The number of nitrogens with one attached hydrogen (secondary N) is 2. The van der Waals surface area contributed by atoms with Crippen LogP contribution in [-0.2, 0) is 9.59 Å². The van der Waals surface area contributed by atoms with E-state index in [2.05, 4.69) is 31.0 Å². The van der Waals surface area contributed by atoms with Gasteiger partial charge < -0.3 is 10.6 Å². The zero-order valence-corrected chi connectivity index (χ0v) is 18.2. The molecule has 12 heteroatoms. The van der Waals surface area contributed by atoms with Crippen molar-refractivity contribution in [2.24, 2.45) is 0 Å². The van der Waals surface area contributed by atoms with Gasteiger partial charge >= 0.3 is 0 Å². The van der Waals surface area contributed by atoms with E-state index in [4.69, 9.17) is 0 Å². The Hall–Kier alpha value is -2.02. The first-order chi connectivity index (χ1) is 13.5. The maximum atomic E-state index is 12.0. The van der Waals surface area contributed by atoms with Gasteiger partial charge in [0.2, 0.25) is 11.8 Å². The number of rotatable bonds is 8. The number of hydrogen-bond acceptors (Lipinski definition) is 10. The molecule has 2 N–H and O–H groups in total. The highest BCUT2D eigenvalue weighted by molar-refractivity contribution is 8.01. The number of amides is 2. The maximum absolute atomic E-state index is 12.0. The van der Waals surface area contributed by atoms with E-state index >= 15 is 0 Å². The van der Waals surface area contributed by atoms with Gasteiger partial charge in [-0.05, 0) is 38.1 Å². The molecule has 0 fully saturated rings. The highest BCUT2D eigenvalue weighted by Crippen LogP contribution is 2.23. The molecule has 0 spiro atoms. The predicted octanol–water partition coefficient (Wildman–Crippen LogP) is 3.47. The molecule has 28 heavy (non-hydrogen) atoms. The van der Waals surface area contributed by atoms with Crippen LogP contribution >= 0.6 is 46.2 Å². The largest absolute Gasteiger partial charge is 0.325 e. The van der Waals surface area contributed by atoms with Crippen molar-refractivity contribution in [2.75, 3.05) is 22.1 Å². The Morgan fingerprint density at radius 3 is 1.50 bits per heavy atom. The molecule has 0 atom stereocenters. The van der Waals surface area contributed by atoms with Gasteiger partial charge in [0.05, 0.1) is 11.5 Å². The molecule has 0 aliphatic rings. The second-order valence-electron chi connectivity index (χ2n) is 5.43. The molecule has 0 unspecified atom stereocenters. The van der Waals surface area contributed by atoms with Gasteiger partial charge in [-0.2, -0.15) is 0 Å². The fraction of sp³-hybridized carbons (Fsp3) is 0.250. The van der Waals surface area contributed by atoms with Crippen LogP contribution in [0.15, 0.2) is 32.9 Å². The summed E-state index contributed by atoms with van der Waals surface area (Å²) in [6.45, 7) is 3.75. The molecule has 2 aromatic heterocycles. The molecule has 2 amide bonds. The summed E-state index contributed by atoms with van der Waals surface area (Å²) in [6.07, 6.45) is 0. The van der Waals surface area contributed by atoms with Gasteiger partial charge in [-0.3, -0.25) is 9.59 Å². The van der Waals surface area contributed by atoms with Crippen molar-refractivity contribution in [1.82, 2.24) is 20.4 Å².